The molecule has 24 heavy (non-hydrogen) atoms. The Bertz CT molecular complexity index is 779. The van der Waals surface area contributed by atoms with Crippen LogP contribution in [0.25, 0.3) is 0 Å². The summed E-state index contributed by atoms with van der Waals surface area (Å²) in [6, 6.07) is 9.73. The van der Waals surface area contributed by atoms with E-state index in [2.05, 4.69) is 21.6 Å². The third kappa shape index (κ3) is 2.91. The van der Waals surface area contributed by atoms with Crippen LogP contribution < -0.4 is 10.2 Å². The molecule has 2 aromatic rings. The van der Waals surface area contributed by atoms with Crippen molar-refractivity contribution < 1.29 is 9.59 Å². The van der Waals surface area contributed by atoms with Gasteiger partial charge in [-0.1, -0.05) is 18.2 Å². The molecular weight excluding hydrogens is 304 g/mol. The highest BCUT2D eigenvalue weighted by molar-refractivity contribution is 6.00. The largest absolute Gasteiger partial charge is 0.342 e. The number of rotatable bonds is 4. The lowest BCUT2D eigenvalue weighted by atomic mass is 10.0. The van der Waals surface area contributed by atoms with Crippen LogP contribution in [0.5, 0.6) is 0 Å². The van der Waals surface area contributed by atoms with Gasteiger partial charge in [0.1, 0.15) is 5.69 Å². The maximum Gasteiger partial charge on any atom is 0.272 e. The normalized spacial score (nSPS) is 16.6. The van der Waals surface area contributed by atoms with Gasteiger partial charge in [-0.25, -0.2) is 0 Å². The van der Waals surface area contributed by atoms with Crippen molar-refractivity contribution >= 4 is 17.5 Å². The zero-order valence-electron chi connectivity index (χ0n) is 13.4. The van der Waals surface area contributed by atoms with Crippen molar-refractivity contribution in [1.29, 1.82) is 0 Å². The fraction of sp³-hybridized carbons (Fsp3) is 0.389. The number of benzene rings is 1. The second-order valence-corrected chi connectivity index (χ2v) is 6.44. The molecule has 6 heteroatoms. The Morgan fingerprint density at radius 1 is 1.29 bits per heavy atom. The van der Waals surface area contributed by atoms with E-state index in [4.69, 9.17) is 0 Å². The van der Waals surface area contributed by atoms with E-state index < -0.39 is 0 Å². The Kier molecular flexibility index (Phi) is 3.80. The van der Waals surface area contributed by atoms with E-state index >= 15 is 0 Å². The molecule has 0 radical (unpaired) electrons. The van der Waals surface area contributed by atoms with Crippen LogP contribution in [0, 0.1) is 0 Å². The van der Waals surface area contributed by atoms with E-state index in [0.29, 0.717) is 18.2 Å². The zero-order chi connectivity index (χ0) is 16.5. The number of aromatic amines is 1. The van der Waals surface area contributed by atoms with Gasteiger partial charge in [-0.2, -0.15) is 5.10 Å². The first-order chi connectivity index (χ1) is 11.7. The number of para-hydroxylation sites is 1. The summed E-state index contributed by atoms with van der Waals surface area (Å²) in [6.07, 6.45) is 4.23. The smallest absolute Gasteiger partial charge is 0.272 e. The van der Waals surface area contributed by atoms with Gasteiger partial charge in [0.05, 0.1) is 6.54 Å². The summed E-state index contributed by atoms with van der Waals surface area (Å²) in [5.74, 6) is 0.121. The minimum Gasteiger partial charge on any atom is -0.342 e. The molecule has 0 unspecified atom stereocenters. The maximum absolute atomic E-state index is 12.5. The summed E-state index contributed by atoms with van der Waals surface area (Å²) in [6.45, 7) is 0.679. The molecule has 0 saturated heterocycles. The molecule has 1 saturated carbocycles. The van der Waals surface area contributed by atoms with Gasteiger partial charge in [-0.15, -0.1) is 0 Å². The number of fused-ring (bicyclic) bond motifs is 1. The van der Waals surface area contributed by atoms with Crippen LogP contribution >= 0.6 is 0 Å². The van der Waals surface area contributed by atoms with Crippen molar-refractivity contribution in [1.82, 2.24) is 15.5 Å². The monoisotopic (exact) mass is 324 g/mol. The van der Waals surface area contributed by atoms with E-state index in [1.54, 1.807) is 11.0 Å². The third-order valence-electron chi connectivity index (χ3n) is 4.66. The molecule has 0 spiro atoms. The maximum atomic E-state index is 12.5. The molecule has 124 valence electrons. The molecule has 1 aliphatic heterocycles. The number of carbonyl (C=O) groups excluding carboxylic acids is 2. The fourth-order valence-corrected chi connectivity index (χ4v) is 3.19. The summed E-state index contributed by atoms with van der Waals surface area (Å²) in [5, 5.41) is 9.64. The second kappa shape index (κ2) is 6.11. The summed E-state index contributed by atoms with van der Waals surface area (Å²) >= 11 is 0. The summed E-state index contributed by atoms with van der Waals surface area (Å²) in [7, 11) is 0. The lowest BCUT2D eigenvalue weighted by molar-refractivity contribution is -0.117. The van der Waals surface area contributed by atoms with Gasteiger partial charge in [0.2, 0.25) is 5.91 Å². The van der Waals surface area contributed by atoms with Crippen LogP contribution in [-0.4, -0.2) is 35.1 Å². The summed E-state index contributed by atoms with van der Waals surface area (Å²) in [4.78, 5) is 26.4. The molecule has 4 rings (SSSR count). The first kappa shape index (κ1) is 14.9. The highest BCUT2D eigenvalue weighted by Gasteiger charge is 2.27. The predicted octanol–water partition coefficient (Wildman–Crippen LogP) is 2.00. The van der Waals surface area contributed by atoms with Crippen molar-refractivity contribution in [3.05, 3.63) is 47.3 Å². The van der Waals surface area contributed by atoms with Crippen molar-refractivity contribution in [2.45, 2.75) is 31.6 Å². The molecule has 2 N–H and O–H groups in total. The minimum absolute atomic E-state index is 0.0151. The van der Waals surface area contributed by atoms with Gasteiger partial charge in [0.25, 0.3) is 5.91 Å². The molecule has 0 atom stereocenters. The van der Waals surface area contributed by atoms with Crippen molar-refractivity contribution in [2.24, 2.45) is 0 Å². The van der Waals surface area contributed by atoms with Crippen LogP contribution in [0.15, 0.2) is 30.3 Å². The van der Waals surface area contributed by atoms with Gasteiger partial charge >= 0.3 is 0 Å². The molecule has 2 amide bonds. The van der Waals surface area contributed by atoms with E-state index in [0.717, 1.165) is 37.1 Å². The number of carbonyl (C=O) groups is 2. The molecule has 1 fully saturated rings. The highest BCUT2D eigenvalue weighted by Crippen LogP contribution is 2.38. The lowest BCUT2D eigenvalue weighted by Crippen LogP contribution is -2.42. The van der Waals surface area contributed by atoms with Crippen molar-refractivity contribution in [3.8, 4) is 0 Å². The molecule has 2 heterocycles. The van der Waals surface area contributed by atoms with Gasteiger partial charge < -0.3 is 10.2 Å². The zero-order valence-corrected chi connectivity index (χ0v) is 13.4. The Labute approximate surface area is 140 Å². The molecule has 1 aromatic heterocycles. The van der Waals surface area contributed by atoms with E-state index in [1.807, 2.05) is 18.2 Å². The van der Waals surface area contributed by atoms with E-state index in [1.165, 1.54) is 5.56 Å². The van der Waals surface area contributed by atoms with E-state index in [9.17, 15) is 9.59 Å². The topological polar surface area (TPSA) is 78.1 Å². The number of amides is 2. The van der Waals surface area contributed by atoms with E-state index in [-0.39, 0.29) is 18.4 Å². The Morgan fingerprint density at radius 3 is 2.96 bits per heavy atom. The Morgan fingerprint density at radius 2 is 2.12 bits per heavy atom. The van der Waals surface area contributed by atoms with Gasteiger partial charge in [0, 0.05) is 23.8 Å². The average Bonchev–Trinajstić information content (AvgIpc) is 3.35. The quantitative estimate of drug-likeness (QED) is 0.903. The second-order valence-electron chi connectivity index (χ2n) is 6.44. The predicted molar refractivity (Wildman–Crippen MR) is 90.0 cm³/mol. The van der Waals surface area contributed by atoms with Crippen LogP contribution in [0.4, 0.5) is 5.69 Å². The molecular formula is C18H20N4O2. The number of nitrogens with zero attached hydrogens (tertiary/aromatic N) is 2. The number of hydrogen-bond acceptors (Lipinski definition) is 3. The van der Waals surface area contributed by atoms with Crippen LogP contribution in [0.1, 0.15) is 46.9 Å². The molecule has 1 aliphatic carbocycles. The molecule has 1 aromatic carbocycles. The average molecular weight is 324 g/mol. The van der Waals surface area contributed by atoms with Gasteiger partial charge in [-0.05, 0) is 43.4 Å². The standard InChI is InChI=1S/C18H20N4O2/c23-17(22-9-3-5-13-4-1-2-6-16(13)22)11-19-18(24)15-10-14(20-21-15)12-7-8-12/h1-2,4,6,10,12H,3,5,7-9,11H2,(H,19,24)(H,20,21). The third-order valence-corrected chi connectivity index (χ3v) is 4.66. The molecule has 2 aliphatic rings. The number of aromatic nitrogens is 2. The Balaban J connectivity index is 1.38. The summed E-state index contributed by atoms with van der Waals surface area (Å²) in [5.41, 5.74) is 3.50. The van der Waals surface area contributed by atoms with Crippen LogP contribution in [0.3, 0.4) is 0 Å². The van der Waals surface area contributed by atoms with Gasteiger partial charge in [0.15, 0.2) is 0 Å². The minimum atomic E-state index is -0.309. The Hall–Kier alpha value is -2.63. The fourth-order valence-electron chi connectivity index (χ4n) is 3.19. The lowest BCUT2D eigenvalue weighted by Gasteiger charge is -2.29. The highest BCUT2D eigenvalue weighted by atomic mass is 16.2. The van der Waals surface area contributed by atoms with Crippen LogP contribution in [-0.2, 0) is 11.2 Å². The first-order valence-corrected chi connectivity index (χ1v) is 8.44. The number of hydrogen-bond donors (Lipinski definition) is 2. The van der Waals surface area contributed by atoms with Gasteiger partial charge in [-0.3, -0.25) is 14.7 Å². The molecule has 6 nitrogen and oxygen atoms in total. The first-order valence-electron chi connectivity index (χ1n) is 8.44. The SMILES string of the molecule is O=C(NCC(=O)N1CCCc2ccccc21)c1cc(C2CC2)[nH]n1. The summed E-state index contributed by atoms with van der Waals surface area (Å²) < 4.78 is 0. The number of H-pyrrole nitrogens is 1. The number of anilines is 1. The number of nitrogens with one attached hydrogen (secondary N) is 2. The molecule has 0 bridgehead atoms. The van der Waals surface area contributed by atoms with Crippen molar-refractivity contribution in [3.63, 3.8) is 0 Å². The van der Waals surface area contributed by atoms with Crippen molar-refractivity contribution in [2.75, 3.05) is 18.0 Å². The van der Waals surface area contributed by atoms with Crippen LogP contribution in [0.2, 0.25) is 0 Å². The number of aryl methyl sites for hydroxylation is 1.